The molecule has 0 saturated heterocycles. The molecule has 0 bridgehead atoms. The fourth-order valence-electron chi connectivity index (χ4n) is 0.618. The van der Waals surface area contributed by atoms with Crippen molar-refractivity contribution in [2.45, 2.75) is 24.4 Å². The molecule has 7 N–H and O–H groups in total. The molecular weight excluding hydrogens is 286 g/mol. The Labute approximate surface area is 124 Å². The van der Waals surface area contributed by atoms with Gasteiger partial charge in [0.05, 0.1) is 6.61 Å². The normalized spacial score (nSPS) is 17.3. The van der Waals surface area contributed by atoms with Crippen molar-refractivity contribution in [1.82, 2.24) is 0 Å². The van der Waals surface area contributed by atoms with E-state index in [4.69, 9.17) is 44.8 Å². The first-order valence-corrected chi connectivity index (χ1v) is 5.62. The van der Waals surface area contributed by atoms with Crippen LogP contribution in [0.5, 0.6) is 0 Å². The van der Waals surface area contributed by atoms with Gasteiger partial charge in [-0.25, -0.2) is 0 Å². The van der Waals surface area contributed by atoms with E-state index in [1.807, 2.05) is 0 Å². The van der Waals surface area contributed by atoms with Gasteiger partial charge in [0.15, 0.2) is 6.29 Å². The summed E-state index contributed by atoms with van der Waals surface area (Å²) in [6, 6.07) is 0. The van der Waals surface area contributed by atoms with Crippen LogP contribution in [0.2, 0.25) is 0 Å². The molecule has 104 valence electrons. The van der Waals surface area contributed by atoms with Gasteiger partial charge in [-0.05, 0) is 0 Å². The van der Waals surface area contributed by atoms with Crippen molar-refractivity contribution in [3.63, 3.8) is 0 Å². The zero-order valence-electron chi connectivity index (χ0n) is 9.40. The summed E-state index contributed by atoms with van der Waals surface area (Å²) in [5.74, 6) is 0. The van der Waals surface area contributed by atoms with Crippen LogP contribution < -0.4 is 34.5 Å². The van der Waals surface area contributed by atoms with E-state index in [1.54, 1.807) is 0 Å². The topological polar surface area (TPSA) is 199 Å². The van der Waals surface area contributed by atoms with Crippen molar-refractivity contribution >= 4 is 14.1 Å². The van der Waals surface area contributed by atoms with E-state index < -0.39 is 38.8 Å². The number of hydrogen-bond acceptors (Lipinski definition) is 8. The molecule has 10 nitrogen and oxygen atoms in total. The molecule has 0 aliphatic carbocycles. The van der Waals surface area contributed by atoms with Crippen LogP contribution in [0.1, 0.15) is 0 Å². The van der Waals surface area contributed by atoms with Crippen molar-refractivity contribution in [3.05, 3.63) is 0 Å². The third-order valence-corrected chi connectivity index (χ3v) is 1.42. The molecule has 18 heavy (non-hydrogen) atoms. The van der Waals surface area contributed by atoms with Crippen LogP contribution >= 0.6 is 7.82 Å². The molecule has 0 unspecified atom stereocenters. The van der Waals surface area contributed by atoms with E-state index in [-0.39, 0.29) is 35.8 Å². The molecule has 12 heteroatoms. The average Bonchev–Trinajstić information content (AvgIpc) is 2.22. The van der Waals surface area contributed by atoms with Gasteiger partial charge in [0, 0.05) is 0 Å². The number of carbonyl (C=O) groups excluding carboxylic acids is 1. The minimum Gasteiger partial charge on any atom is -0.756 e. The Morgan fingerprint density at radius 1 is 1.11 bits per heavy atom. The first kappa shape index (κ1) is 23.7. The van der Waals surface area contributed by atoms with Crippen molar-refractivity contribution in [2.24, 2.45) is 0 Å². The molecule has 0 rings (SSSR count). The van der Waals surface area contributed by atoms with Crippen molar-refractivity contribution in [2.75, 3.05) is 6.61 Å². The molecule has 0 aliphatic rings. The standard InChI is InChI=1S/C6H12O6.Na.H3O4P/c7-1-3(9)5(11)6(12)4(10)2-8;;1-5(2,3)4/h1,3-6,8-12H,2H2;;(H3,1,2,3,4)/q;+1;/p-1/t3-,4+,5+,6+;;/m0../s1. The van der Waals surface area contributed by atoms with Gasteiger partial charge < -0.3 is 45.0 Å². The van der Waals surface area contributed by atoms with E-state index in [9.17, 15) is 4.79 Å². The fraction of sp³-hybridized carbons (Fsp3) is 0.833. The summed E-state index contributed by atoms with van der Waals surface area (Å²) in [4.78, 5) is 32.8. The molecular formula is C6H14NaO10P. The van der Waals surface area contributed by atoms with Crippen molar-refractivity contribution in [1.29, 1.82) is 0 Å². The van der Waals surface area contributed by atoms with Gasteiger partial charge >= 0.3 is 29.6 Å². The summed E-state index contributed by atoms with van der Waals surface area (Å²) in [6.45, 7) is -0.760. The number of hydrogen-bond donors (Lipinski definition) is 7. The Hall–Kier alpha value is 0.580. The summed E-state index contributed by atoms with van der Waals surface area (Å²) in [6.07, 6.45) is -6.84. The smallest absolute Gasteiger partial charge is 0.756 e. The summed E-state index contributed by atoms with van der Waals surface area (Å²) < 4.78 is 8.77. The van der Waals surface area contributed by atoms with Crippen LogP contribution in [0, 0.1) is 0 Å². The Bertz CT molecular complexity index is 248. The van der Waals surface area contributed by atoms with Gasteiger partial charge in [-0.3, -0.25) is 4.57 Å². The van der Waals surface area contributed by atoms with E-state index in [1.165, 1.54) is 0 Å². The molecule has 4 atom stereocenters. The third-order valence-electron chi connectivity index (χ3n) is 1.42. The van der Waals surface area contributed by atoms with Gasteiger partial charge in [0.2, 0.25) is 0 Å². The van der Waals surface area contributed by atoms with Gasteiger partial charge in [-0.2, -0.15) is 0 Å². The summed E-state index contributed by atoms with van der Waals surface area (Å²) >= 11 is 0. The second kappa shape index (κ2) is 11.4. The van der Waals surface area contributed by atoms with Crippen molar-refractivity contribution in [3.8, 4) is 0 Å². The van der Waals surface area contributed by atoms with Crippen LogP contribution in [0.15, 0.2) is 0 Å². The predicted octanol–water partition coefficient (Wildman–Crippen LogP) is -7.94. The maximum Gasteiger partial charge on any atom is 1.00 e. The first-order valence-electron chi connectivity index (χ1n) is 4.09. The van der Waals surface area contributed by atoms with Gasteiger partial charge in [-0.1, -0.05) is 0 Å². The minimum atomic E-state index is -4.89. The van der Waals surface area contributed by atoms with Gasteiger partial charge in [-0.15, -0.1) is 0 Å². The zero-order chi connectivity index (χ0) is 14.2. The van der Waals surface area contributed by atoms with Crippen molar-refractivity contribution < 1.29 is 79.1 Å². The molecule has 0 aliphatic heterocycles. The molecule has 0 amide bonds. The second-order valence-corrected chi connectivity index (χ2v) is 3.83. The maximum absolute atomic E-state index is 9.90. The number of phosphoric acid groups is 1. The molecule has 0 aromatic heterocycles. The molecule has 0 saturated carbocycles. The van der Waals surface area contributed by atoms with E-state index in [0.717, 1.165) is 0 Å². The number of aldehydes is 1. The number of aliphatic hydroxyl groups excluding tert-OH is 5. The summed E-state index contributed by atoms with van der Waals surface area (Å²) in [5.41, 5.74) is 0. The summed E-state index contributed by atoms with van der Waals surface area (Å²) in [7, 11) is -4.89. The maximum atomic E-state index is 9.90. The number of rotatable bonds is 5. The number of aliphatic hydroxyl groups is 5. The monoisotopic (exact) mass is 300 g/mol. The average molecular weight is 300 g/mol. The van der Waals surface area contributed by atoms with Gasteiger partial charge in [0.1, 0.15) is 24.4 Å². The Balaban J connectivity index is -0.000000321. The van der Waals surface area contributed by atoms with E-state index in [0.29, 0.717) is 0 Å². The Morgan fingerprint density at radius 3 is 1.67 bits per heavy atom. The summed E-state index contributed by atoms with van der Waals surface area (Å²) in [5, 5.41) is 43.5. The van der Waals surface area contributed by atoms with Gasteiger partial charge in [0.25, 0.3) is 7.82 Å². The predicted molar refractivity (Wildman–Crippen MR) is 49.2 cm³/mol. The van der Waals surface area contributed by atoms with Crippen LogP contribution in [0.4, 0.5) is 0 Å². The molecule has 0 spiro atoms. The van der Waals surface area contributed by atoms with Crippen LogP contribution in [-0.4, -0.2) is 72.6 Å². The number of carbonyl (C=O) groups is 1. The van der Waals surface area contributed by atoms with E-state index >= 15 is 0 Å². The van der Waals surface area contributed by atoms with Crippen LogP contribution in [0.25, 0.3) is 0 Å². The first-order chi connectivity index (χ1) is 7.54. The molecule has 0 aromatic rings. The second-order valence-electron chi connectivity index (χ2n) is 2.85. The SMILES string of the molecule is O=C[C@H](O)[C@@H](O)[C@H](O)[C@H](O)CO.O=P([O-])(O)O.[Na+]. The fourth-order valence-corrected chi connectivity index (χ4v) is 0.618. The third kappa shape index (κ3) is 14.6. The molecule has 0 radical (unpaired) electrons. The quantitative estimate of drug-likeness (QED) is 0.145. The van der Waals surface area contributed by atoms with Crippen LogP contribution in [0.3, 0.4) is 0 Å². The van der Waals surface area contributed by atoms with Crippen LogP contribution in [-0.2, 0) is 9.36 Å². The largest absolute Gasteiger partial charge is 1.00 e. The Morgan fingerprint density at radius 2 is 1.44 bits per heavy atom. The molecule has 0 heterocycles. The van der Waals surface area contributed by atoms with E-state index in [2.05, 4.69) is 0 Å². The minimum absolute atomic E-state index is 0. The molecule has 0 aromatic carbocycles. The molecule has 0 fully saturated rings. The zero-order valence-corrected chi connectivity index (χ0v) is 12.3. The Kier molecular flexibility index (Phi) is 15.0.